The fourth-order valence-electron chi connectivity index (χ4n) is 5.20. The van der Waals surface area contributed by atoms with Crippen molar-refractivity contribution >= 4 is 39.3 Å². The molecule has 0 radical (unpaired) electrons. The normalized spacial score (nSPS) is 16.6. The van der Waals surface area contributed by atoms with Crippen molar-refractivity contribution in [1.82, 2.24) is 15.1 Å². The van der Waals surface area contributed by atoms with Crippen molar-refractivity contribution < 1.29 is 18.0 Å². The molecule has 2 aliphatic heterocycles. The Kier molecular flexibility index (Phi) is 9.08. The van der Waals surface area contributed by atoms with Gasteiger partial charge in [-0.1, -0.05) is 42.1 Å². The summed E-state index contributed by atoms with van der Waals surface area (Å²) in [6.45, 7) is 3.66. The van der Waals surface area contributed by atoms with Crippen molar-refractivity contribution in [2.75, 3.05) is 37.4 Å². The van der Waals surface area contributed by atoms with Gasteiger partial charge in [0.15, 0.2) is 0 Å². The fraction of sp³-hybridized carbons (Fsp3) is 0.333. The molecule has 0 aliphatic carbocycles. The third kappa shape index (κ3) is 7.04. The van der Waals surface area contributed by atoms with E-state index in [4.69, 9.17) is 0 Å². The molecule has 2 N–H and O–H groups in total. The first-order valence-electron chi connectivity index (χ1n) is 13.6. The van der Waals surface area contributed by atoms with E-state index in [0.717, 1.165) is 35.7 Å². The number of amides is 2. The minimum Gasteiger partial charge on any atom is -0.343 e. The molecular weight excluding hydrogens is 544 g/mol. The lowest BCUT2D eigenvalue weighted by Crippen LogP contribution is -2.48. The number of nitrogens with one attached hydrogen (secondary N) is 2. The molecule has 0 spiro atoms. The van der Waals surface area contributed by atoms with Crippen LogP contribution in [0.1, 0.15) is 36.0 Å². The van der Waals surface area contributed by atoms with Gasteiger partial charge in [-0.05, 0) is 87.3 Å². The number of likely N-dealkylation sites (tertiary alicyclic amines) is 2. The molecule has 0 atom stereocenters. The van der Waals surface area contributed by atoms with Gasteiger partial charge in [-0.2, -0.15) is 0 Å². The van der Waals surface area contributed by atoms with E-state index in [9.17, 15) is 18.0 Å². The quantitative estimate of drug-likeness (QED) is 0.389. The highest BCUT2D eigenvalue weighted by Gasteiger charge is 2.28. The molecule has 3 aromatic carbocycles. The Hall–Kier alpha value is -3.34. The number of nitrogens with zero attached hydrogens (tertiary/aromatic N) is 2. The van der Waals surface area contributed by atoms with E-state index in [2.05, 4.69) is 14.9 Å². The maximum Gasteiger partial charge on any atom is 0.261 e. The number of carbonyl (C=O) groups excluding carboxylic acids is 2. The van der Waals surface area contributed by atoms with Crippen LogP contribution in [0.3, 0.4) is 0 Å². The second-order valence-electron chi connectivity index (χ2n) is 10.1. The molecule has 40 heavy (non-hydrogen) atoms. The van der Waals surface area contributed by atoms with Gasteiger partial charge in [0.05, 0.1) is 17.1 Å². The lowest BCUT2D eigenvalue weighted by Gasteiger charge is -2.36. The number of para-hydroxylation sites is 1. The summed E-state index contributed by atoms with van der Waals surface area (Å²) >= 11 is 1.47. The van der Waals surface area contributed by atoms with Gasteiger partial charge in [0.25, 0.3) is 15.9 Å². The van der Waals surface area contributed by atoms with Crippen LogP contribution in [-0.2, 0) is 14.8 Å². The van der Waals surface area contributed by atoms with Crippen molar-refractivity contribution in [3.05, 3.63) is 84.4 Å². The highest BCUT2D eigenvalue weighted by molar-refractivity contribution is 7.99. The van der Waals surface area contributed by atoms with Crippen molar-refractivity contribution in [3.63, 3.8) is 0 Å². The number of hydrogen-bond donors (Lipinski definition) is 2. The van der Waals surface area contributed by atoms with Gasteiger partial charge in [-0.15, -0.1) is 0 Å². The van der Waals surface area contributed by atoms with Crippen LogP contribution in [0, 0.1) is 0 Å². The minimum atomic E-state index is -3.88. The predicted octanol–water partition coefficient (Wildman–Crippen LogP) is 4.46. The van der Waals surface area contributed by atoms with Crippen LogP contribution in [0.5, 0.6) is 0 Å². The van der Waals surface area contributed by atoms with E-state index in [1.54, 1.807) is 12.1 Å². The summed E-state index contributed by atoms with van der Waals surface area (Å²) in [4.78, 5) is 31.5. The van der Waals surface area contributed by atoms with Crippen molar-refractivity contribution in [2.45, 2.75) is 46.4 Å². The zero-order valence-electron chi connectivity index (χ0n) is 22.3. The summed E-state index contributed by atoms with van der Waals surface area (Å²) in [5, 5.41) is 2.68. The highest BCUT2D eigenvalue weighted by atomic mass is 32.2. The standard InChI is InChI=1S/C30H34N4O4S2/c35-29(34-20-16-24(17-21-34)33-18-6-7-19-33)22-31-30(36)23-12-14-26(15-13-23)40(37,38)32-27-10-4-5-11-28(27)39-25-8-2-1-3-9-25/h1-5,8-15,24,32H,6-7,16-22H2,(H,31,36). The van der Waals surface area contributed by atoms with Crippen LogP contribution < -0.4 is 10.0 Å². The topological polar surface area (TPSA) is 98.8 Å². The molecule has 2 saturated heterocycles. The number of rotatable bonds is 9. The Morgan fingerprint density at radius 1 is 0.825 bits per heavy atom. The first-order valence-corrected chi connectivity index (χ1v) is 15.9. The van der Waals surface area contributed by atoms with Gasteiger partial charge in [-0.3, -0.25) is 14.3 Å². The number of carbonyl (C=O) groups is 2. The summed E-state index contributed by atoms with van der Waals surface area (Å²) in [7, 11) is -3.88. The molecule has 10 heteroatoms. The second kappa shape index (κ2) is 12.9. The largest absolute Gasteiger partial charge is 0.343 e. The minimum absolute atomic E-state index is 0.0421. The van der Waals surface area contributed by atoms with E-state index in [0.29, 0.717) is 30.4 Å². The average molecular weight is 579 g/mol. The van der Waals surface area contributed by atoms with E-state index in [1.807, 2.05) is 47.4 Å². The van der Waals surface area contributed by atoms with Crippen LogP contribution >= 0.6 is 11.8 Å². The molecule has 2 amide bonds. The Bertz CT molecular complexity index is 1420. The molecule has 8 nitrogen and oxygen atoms in total. The van der Waals surface area contributed by atoms with Crippen molar-refractivity contribution in [2.24, 2.45) is 0 Å². The van der Waals surface area contributed by atoms with E-state index >= 15 is 0 Å². The third-order valence-electron chi connectivity index (χ3n) is 7.40. The Balaban J connectivity index is 1.14. The van der Waals surface area contributed by atoms with Crippen LogP contribution in [0.15, 0.2) is 93.5 Å². The first-order chi connectivity index (χ1) is 19.4. The zero-order valence-corrected chi connectivity index (χ0v) is 23.9. The molecule has 5 rings (SSSR count). The molecule has 2 heterocycles. The molecule has 0 bridgehead atoms. The molecule has 0 aromatic heterocycles. The van der Waals surface area contributed by atoms with Crippen molar-refractivity contribution in [3.8, 4) is 0 Å². The van der Waals surface area contributed by atoms with Gasteiger partial charge in [0, 0.05) is 34.5 Å². The number of anilines is 1. The van der Waals surface area contributed by atoms with E-state index in [-0.39, 0.29) is 17.3 Å². The molecule has 210 valence electrons. The summed E-state index contributed by atoms with van der Waals surface area (Å²) in [6, 6.07) is 23.2. The van der Waals surface area contributed by atoms with E-state index in [1.165, 1.54) is 48.9 Å². The van der Waals surface area contributed by atoms with Gasteiger partial charge < -0.3 is 15.1 Å². The van der Waals surface area contributed by atoms with Crippen LogP contribution in [-0.4, -0.2) is 68.8 Å². The summed E-state index contributed by atoms with van der Waals surface area (Å²) in [5.74, 6) is -0.509. The zero-order chi connectivity index (χ0) is 28.0. The summed E-state index contributed by atoms with van der Waals surface area (Å²) in [5.41, 5.74) is 0.765. The molecule has 2 aliphatic rings. The molecule has 0 saturated carbocycles. The second-order valence-corrected chi connectivity index (χ2v) is 12.9. The fourth-order valence-corrected chi connectivity index (χ4v) is 7.27. The molecule has 2 fully saturated rings. The number of sulfonamides is 1. The van der Waals surface area contributed by atoms with Gasteiger partial charge >= 0.3 is 0 Å². The number of benzene rings is 3. The number of piperidine rings is 1. The molecule has 0 unspecified atom stereocenters. The first kappa shape index (κ1) is 28.2. The predicted molar refractivity (Wildman–Crippen MR) is 157 cm³/mol. The summed E-state index contributed by atoms with van der Waals surface area (Å²) in [6.07, 6.45) is 4.46. The number of hydrogen-bond acceptors (Lipinski definition) is 6. The lowest BCUT2D eigenvalue weighted by molar-refractivity contribution is -0.131. The van der Waals surface area contributed by atoms with Crippen LogP contribution in [0.25, 0.3) is 0 Å². The Labute approximate surface area is 240 Å². The van der Waals surface area contributed by atoms with Crippen LogP contribution in [0.4, 0.5) is 5.69 Å². The monoisotopic (exact) mass is 578 g/mol. The highest BCUT2D eigenvalue weighted by Crippen LogP contribution is 2.34. The smallest absolute Gasteiger partial charge is 0.261 e. The van der Waals surface area contributed by atoms with E-state index < -0.39 is 15.9 Å². The Morgan fingerprint density at radius 3 is 2.17 bits per heavy atom. The molecular formula is C30H34N4O4S2. The van der Waals surface area contributed by atoms with Gasteiger partial charge in [0.1, 0.15) is 0 Å². The van der Waals surface area contributed by atoms with Crippen LogP contribution in [0.2, 0.25) is 0 Å². The summed E-state index contributed by atoms with van der Waals surface area (Å²) < 4.78 is 28.9. The SMILES string of the molecule is O=C(NCC(=O)N1CCC(N2CCCC2)CC1)c1ccc(S(=O)(=O)Nc2ccccc2Sc2ccccc2)cc1. The van der Waals surface area contributed by atoms with Crippen molar-refractivity contribution in [1.29, 1.82) is 0 Å². The van der Waals surface area contributed by atoms with Gasteiger partial charge in [-0.25, -0.2) is 8.42 Å². The third-order valence-corrected chi connectivity index (χ3v) is 9.87. The maximum atomic E-state index is 13.1. The maximum absolute atomic E-state index is 13.1. The average Bonchev–Trinajstić information content (AvgIpc) is 3.53. The van der Waals surface area contributed by atoms with Gasteiger partial charge in [0.2, 0.25) is 5.91 Å². The lowest BCUT2D eigenvalue weighted by atomic mass is 10.0. The Morgan fingerprint density at radius 2 is 1.48 bits per heavy atom. The molecule has 3 aromatic rings.